The number of allylic oxidation sites excluding steroid dienone is 4. The number of nitrogens with one attached hydrogen (secondary N) is 2. The summed E-state index contributed by atoms with van der Waals surface area (Å²) in [4.78, 5) is 0. The Morgan fingerprint density at radius 1 is 0.971 bits per heavy atom. The molecule has 18 heteroatoms. The average Bonchev–Trinajstić information content (AvgIpc) is 2.71. The molecule has 10 nitrogen and oxygen atoms in total. The van der Waals surface area contributed by atoms with Gasteiger partial charge in [-0.25, -0.2) is 0 Å². The molecular formula is C17H22F6N4O6S2. The van der Waals surface area contributed by atoms with Gasteiger partial charge in [0.2, 0.25) is 0 Å². The van der Waals surface area contributed by atoms with Gasteiger partial charge >= 0.3 is 31.3 Å². The molecule has 35 heavy (non-hydrogen) atoms. The number of alkyl halides is 6. The van der Waals surface area contributed by atoms with Gasteiger partial charge in [0, 0.05) is 6.08 Å². The third kappa shape index (κ3) is 8.81. The molecule has 1 aliphatic rings. The first-order valence-electron chi connectivity index (χ1n) is 9.55. The topological polar surface area (TPSA) is 184 Å². The molecular weight excluding hydrogens is 534 g/mol. The SMILES string of the molecule is CCCC(CC)CCN.N#CC1=C(OS(=O)(=O)C(F)(F)F)C(=N)C(=N)C(OS(=O)(=O)C(F)(F)F)=C1. The van der Waals surface area contributed by atoms with Crippen LogP contribution in [0.5, 0.6) is 0 Å². The zero-order valence-electron chi connectivity index (χ0n) is 18.2. The van der Waals surface area contributed by atoms with Crippen molar-refractivity contribution in [1.82, 2.24) is 0 Å². The van der Waals surface area contributed by atoms with Gasteiger partial charge in [0.05, 0.1) is 0 Å². The zero-order chi connectivity index (χ0) is 27.8. The second kappa shape index (κ2) is 12.4. The Bertz CT molecular complexity index is 1110. The molecule has 0 saturated carbocycles. The minimum atomic E-state index is -6.39. The van der Waals surface area contributed by atoms with Crippen LogP contribution in [0, 0.1) is 28.1 Å². The zero-order valence-corrected chi connectivity index (χ0v) is 19.9. The van der Waals surface area contributed by atoms with Crippen molar-refractivity contribution in [3.05, 3.63) is 23.2 Å². The number of nitrogens with two attached hydrogens (primary N) is 1. The molecule has 1 unspecified atom stereocenters. The van der Waals surface area contributed by atoms with Crippen LogP contribution >= 0.6 is 0 Å². The fourth-order valence-corrected chi connectivity index (χ4v) is 3.34. The second-order valence-corrected chi connectivity index (χ2v) is 9.80. The Kier molecular flexibility index (Phi) is 11.4. The van der Waals surface area contributed by atoms with Crippen LogP contribution in [0.4, 0.5) is 26.3 Å². The highest BCUT2D eigenvalue weighted by atomic mass is 32.2. The predicted octanol–water partition coefficient (Wildman–Crippen LogP) is 3.60. The first-order valence-corrected chi connectivity index (χ1v) is 12.4. The van der Waals surface area contributed by atoms with Gasteiger partial charge < -0.3 is 14.1 Å². The molecule has 0 aromatic heterocycles. The summed E-state index contributed by atoms with van der Waals surface area (Å²) in [6, 6.07) is 0.986. The van der Waals surface area contributed by atoms with Gasteiger partial charge in [0.1, 0.15) is 23.1 Å². The van der Waals surface area contributed by atoms with Crippen LogP contribution in [0.25, 0.3) is 0 Å². The Morgan fingerprint density at radius 3 is 1.83 bits per heavy atom. The fraction of sp³-hybridized carbons (Fsp3) is 0.588. The molecule has 0 amide bonds. The van der Waals surface area contributed by atoms with Crippen LogP contribution in [-0.4, -0.2) is 45.8 Å². The normalized spacial score (nSPS) is 16.1. The summed E-state index contributed by atoms with van der Waals surface area (Å²) in [5.74, 6) is -2.31. The number of nitrogens with zero attached hydrogens (tertiary/aromatic N) is 1. The van der Waals surface area contributed by atoms with E-state index in [2.05, 4.69) is 22.2 Å². The summed E-state index contributed by atoms with van der Waals surface area (Å²) >= 11 is 0. The van der Waals surface area contributed by atoms with E-state index in [0.29, 0.717) is 0 Å². The van der Waals surface area contributed by atoms with Gasteiger partial charge in [-0.2, -0.15) is 48.4 Å². The molecule has 0 bridgehead atoms. The van der Waals surface area contributed by atoms with Crippen LogP contribution in [0.1, 0.15) is 39.5 Å². The van der Waals surface area contributed by atoms with Gasteiger partial charge in [-0.15, -0.1) is 0 Å². The molecule has 1 rings (SSSR count). The third-order valence-electron chi connectivity index (χ3n) is 4.17. The van der Waals surface area contributed by atoms with E-state index >= 15 is 0 Å². The molecule has 0 fully saturated rings. The molecule has 0 aliphatic heterocycles. The van der Waals surface area contributed by atoms with Gasteiger partial charge in [0.25, 0.3) is 0 Å². The van der Waals surface area contributed by atoms with E-state index in [-0.39, 0.29) is 6.08 Å². The van der Waals surface area contributed by atoms with E-state index in [1.807, 2.05) is 0 Å². The summed E-state index contributed by atoms with van der Waals surface area (Å²) in [7, 11) is -12.7. The summed E-state index contributed by atoms with van der Waals surface area (Å²) in [5, 5.41) is 23.3. The lowest BCUT2D eigenvalue weighted by Crippen LogP contribution is -2.33. The van der Waals surface area contributed by atoms with Crippen molar-refractivity contribution < 1.29 is 51.5 Å². The van der Waals surface area contributed by atoms with Gasteiger partial charge in [-0.3, -0.25) is 10.8 Å². The summed E-state index contributed by atoms with van der Waals surface area (Å²) < 4.78 is 124. The van der Waals surface area contributed by atoms with Gasteiger partial charge in [-0.05, 0) is 18.9 Å². The van der Waals surface area contributed by atoms with Crippen molar-refractivity contribution in [3.63, 3.8) is 0 Å². The molecule has 4 N–H and O–H groups in total. The average molecular weight is 557 g/mol. The van der Waals surface area contributed by atoms with Crippen molar-refractivity contribution >= 4 is 31.7 Å². The van der Waals surface area contributed by atoms with Crippen molar-refractivity contribution in [3.8, 4) is 6.07 Å². The van der Waals surface area contributed by atoms with Crippen LogP contribution in [0.3, 0.4) is 0 Å². The van der Waals surface area contributed by atoms with E-state index in [4.69, 9.17) is 21.8 Å². The highest BCUT2D eigenvalue weighted by Crippen LogP contribution is 2.32. The van der Waals surface area contributed by atoms with Crippen molar-refractivity contribution in [2.45, 2.75) is 50.5 Å². The van der Waals surface area contributed by atoms with E-state index in [9.17, 15) is 43.2 Å². The summed E-state index contributed by atoms with van der Waals surface area (Å²) in [5.41, 5.74) is -11.0. The first kappa shape index (κ1) is 32.4. The predicted molar refractivity (Wildman–Crippen MR) is 111 cm³/mol. The quantitative estimate of drug-likeness (QED) is 0.166. The molecule has 0 radical (unpaired) electrons. The second-order valence-electron chi connectivity index (χ2n) is 6.72. The molecule has 0 saturated heterocycles. The van der Waals surface area contributed by atoms with Crippen LogP contribution in [0.15, 0.2) is 23.2 Å². The van der Waals surface area contributed by atoms with E-state index < -0.39 is 59.8 Å². The standard InChI is InChI=1S/C9H3F6N3O6S2.C8H19N/c10-8(11,12)25(19,20)23-4-1-3(2-16)7(6(18)5(4)17)24-26(21,22)9(13,14)15;1-3-5-8(4-2)6-7-9/h1,17-18H;8H,3-7,9H2,1-2H3. The highest BCUT2D eigenvalue weighted by molar-refractivity contribution is 7.88. The Hall–Kier alpha value is -2.65. The van der Waals surface area contributed by atoms with Crippen molar-refractivity contribution in [1.29, 1.82) is 16.1 Å². The third-order valence-corrected chi connectivity index (χ3v) is 6.09. The Labute approximate surface area is 197 Å². The van der Waals surface area contributed by atoms with E-state index in [0.717, 1.165) is 18.5 Å². The lowest BCUT2D eigenvalue weighted by Gasteiger charge is -2.20. The number of nitriles is 1. The van der Waals surface area contributed by atoms with E-state index in [1.54, 1.807) is 0 Å². The number of rotatable bonds is 9. The lowest BCUT2D eigenvalue weighted by molar-refractivity contribution is -0.0524. The molecule has 0 aromatic rings. The summed E-state index contributed by atoms with van der Waals surface area (Å²) in [6.45, 7) is 5.34. The largest absolute Gasteiger partial charge is 0.534 e. The molecule has 1 atom stereocenters. The number of hydrogen-bond donors (Lipinski definition) is 3. The maximum absolute atomic E-state index is 12.3. The Balaban J connectivity index is 0.00000109. The Morgan fingerprint density at radius 2 is 1.46 bits per heavy atom. The number of hydrogen-bond acceptors (Lipinski definition) is 10. The van der Waals surface area contributed by atoms with Crippen LogP contribution in [0.2, 0.25) is 0 Å². The lowest BCUT2D eigenvalue weighted by atomic mass is 9.97. The van der Waals surface area contributed by atoms with Gasteiger partial charge in [-0.1, -0.05) is 33.1 Å². The maximum Gasteiger partial charge on any atom is 0.534 e. The maximum atomic E-state index is 12.3. The van der Waals surface area contributed by atoms with E-state index in [1.165, 1.54) is 25.7 Å². The summed E-state index contributed by atoms with van der Waals surface area (Å²) in [6.07, 6.45) is 5.17. The minimum Gasteiger partial charge on any atom is -0.374 e. The fourth-order valence-electron chi connectivity index (χ4n) is 2.39. The smallest absolute Gasteiger partial charge is 0.374 e. The van der Waals surface area contributed by atoms with Crippen LogP contribution in [-0.2, 0) is 28.6 Å². The molecule has 1 aliphatic carbocycles. The van der Waals surface area contributed by atoms with Gasteiger partial charge in [0.15, 0.2) is 11.5 Å². The minimum absolute atomic E-state index is 0.00485. The molecule has 0 aromatic carbocycles. The number of halogens is 6. The molecule has 0 heterocycles. The molecule has 0 spiro atoms. The molecule has 200 valence electrons. The monoisotopic (exact) mass is 556 g/mol. The van der Waals surface area contributed by atoms with Crippen LogP contribution < -0.4 is 5.73 Å². The van der Waals surface area contributed by atoms with Crippen molar-refractivity contribution in [2.75, 3.05) is 6.54 Å². The first-order chi connectivity index (χ1) is 15.8. The highest BCUT2D eigenvalue weighted by Gasteiger charge is 2.51. The van der Waals surface area contributed by atoms with Crippen molar-refractivity contribution in [2.24, 2.45) is 11.7 Å².